The van der Waals surface area contributed by atoms with E-state index in [1.54, 1.807) is 0 Å². The van der Waals surface area contributed by atoms with E-state index in [0.717, 1.165) is 38.8 Å². The van der Waals surface area contributed by atoms with Crippen molar-refractivity contribution in [3.63, 3.8) is 0 Å². The Balaban J connectivity index is 0.000000980. The number of carboxylic acid groups (broad SMARTS) is 1. The summed E-state index contributed by atoms with van der Waals surface area (Å²) in [5.41, 5.74) is -0.476. The van der Waals surface area contributed by atoms with Crippen LogP contribution in [0.15, 0.2) is 0 Å². The minimum absolute atomic E-state index is 0. The van der Waals surface area contributed by atoms with E-state index in [1.807, 2.05) is 0 Å². The van der Waals surface area contributed by atoms with Gasteiger partial charge in [0.1, 0.15) is 5.54 Å². The fourth-order valence-corrected chi connectivity index (χ4v) is 2.77. The molecule has 1 saturated carbocycles. The third-order valence-corrected chi connectivity index (χ3v) is 3.54. The molecule has 1 N–H and O–H groups in total. The zero-order chi connectivity index (χ0) is 9.31. The fourth-order valence-electron chi connectivity index (χ4n) is 2.77. The molecule has 1 heterocycles. The van der Waals surface area contributed by atoms with Crippen LogP contribution in [-0.4, -0.2) is 34.6 Å². The van der Waals surface area contributed by atoms with E-state index in [-0.39, 0.29) is 12.4 Å². The Hall–Kier alpha value is -0.280. The standard InChI is InChI=1S/C10H17NO2.ClH/c12-9(13)10(5-1-2-6-10)11-7-3-4-8-11;/h1-8H2,(H,12,13);1H. The molecule has 0 atom stereocenters. The number of hydrogen-bond acceptors (Lipinski definition) is 2. The molecular formula is C10H18ClNO2. The zero-order valence-electron chi connectivity index (χ0n) is 8.37. The molecule has 0 aromatic carbocycles. The first-order chi connectivity index (χ1) is 6.26. The van der Waals surface area contributed by atoms with Crippen molar-refractivity contribution in [1.29, 1.82) is 0 Å². The minimum atomic E-state index is -0.591. The second kappa shape index (κ2) is 4.49. The van der Waals surface area contributed by atoms with Crippen LogP contribution in [0.1, 0.15) is 38.5 Å². The second-order valence-electron chi connectivity index (χ2n) is 4.24. The summed E-state index contributed by atoms with van der Waals surface area (Å²) >= 11 is 0. The van der Waals surface area contributed by atoms with Gasteiger partial charge in [0.05, 0.1) is 0 Å². The van der Waals surface area contributed by atoms with E-state index >= 15 is 0 Å². The summed E-state index contributed by atoms with van der Waals surface area (Å²) in [6.45, 7) is 1.98. The lowest BCUT2D eigenvalue weighted by molar-refractivity contribution is -0.150. The van der Waals surface area contributed by atoms with Gasteiger partial charge in [-0.2, -0.15) is 0 Å². The van der Waals surface area contributed by atoms with Crippen molar-refractivity contribution in [3.8, 4) is 0 Å². The van der Waals surface area contributed by atoms with Gasteiger partial charge in [0.2, 0.25) is 0 Å². The van der Waals surface area contributed by atoms with E-state index in [4.69, 9.17) is 0 Å². The molecule has 1 aliphatic heterocycles. The molecule has 3 nitrogen and oxygen atoms in total. The van der Waals surface area contributed by atoms with Gasteiger partial charge in [-0.25, -0.2) is 0 Å². The van der Waals surface area contributed by atoms with Gasteiger partial charge in [-0.1, -0.05) is 12.8 Å². The maximum atomic E-state index is 11.3. The number of carbonyl (C=O) groups is 1. The molecule has 0 spiro atoms. The Labute approximate surface area is 90.9 Å². The summed E-state index contributed by atoms with van der Waals surface area (Å²) in [7, 11) is 0. The Morgan fingerprint density at radius 2 is 1.57 bits per heavy atom. The number of aliphatic carboxylic acids is 1. The van der Waals surface area contributed by atoms with Crippen LogP contribution in [-0.2, 0) is 4.79 Å². The van der Waals surface area contributed by atoms with Gasteiger partial charge in [0.15, 0.2) is 0 Å². The molecule has 14 heavy (non-hydrogen) atoms. The number of nitrogens with zero attached hydrogens (tertiary/aromatic N) is 1. The molecule has 2 fully saturated rings. The molecule has 0 unspecified atom stereocenters. The van der Waals surface area contributed by atoms with Crippen LogP contribution in [0, 0.1) is 0 Å². The first-order valence-corrected chi connectivity index (χ1v) is 5.24. The molecule has 82 valence electrons. The number of hydrogen-bond donors (Lipinski definition) is 1. The summed E-state index contributed by atoms with van der Waals surface area (Å²) in [5, 5.41) is 9.28. The third kappa shape index (κ3) is 1.75. The summed E-state index contributed by atoms with van der Waals surface area (Å²) in [4.78, 5) is 13.5. The van der Waals surface area contributed by atoms with Crippen LogP contribution in [0.25, 0.3) is 0 Å². The average molecular weight is 220 g/mol. The highest BCUT2D eigenvalue weighted by Gasteiger charge is 2.46. The molecule has 0 radical (unpaired) electrons. The monoisotopic (exact) mass is 219 g/mol. The number of carboxylic acids is 1. The van der Waals surface area contributed by atoms with Gasteiger partial charge in [-0.05, 0) is 38.8 Å². The maximum Gasteiger partial charge on any atom is 0.324 e. The smallest absolute Gasteiger partial charge is 0.324 e. The number of likely N-dealkylation sites (tertiary alicyclic amines) is 1. The third-order valence-electron chi connectivity index (χ3n) is 3.54. The summed E-state index contributed by atoms with van der Waals surface area (Å²) in [6, 6.07) is 0. The molecule has 1 saturated heterocycles. The van der Waals surface area contributed by atoms with Gasteiger partial charge in [0, 0.05) is 0 Å². The van der Waals surface area contributed by atoms with E-state index in [0.29, 0.717) is 0 Å². The maximum absolute atomic E-state index is 11.3. The number of rotatable bonds is 2. The van der Waals surface area contributed by atoms with Crippen LogP contribution >= 0.6 is 12.4 Å². The Morgan fingerprint density at radius 3 is 2.00 bits per heavy atom. The van der Waals surface area contributed by atoms with Crippen LogP contribution in [0.2, 0.25) is 0 Å². The Bertz CT molecular complexity index is 208. The van der Waals surface area contributed by atoms with Crippen molar-refractivity contribution in [2.45, 2.75) is 44.1 Å². The van der Waals surface area contributed by atoms with Crippen molar-refractivity contribution >= 4 is 18.4 Å². The first-order valence-electron chi connectivity index (χ1n) is 5.24. The normalized spacial score (nSPS) is 26.0. The SMILES string of the molecule is Cl.O=C(O)C1(N2CCCC2)CCCC1. The van der Waals surface area contributed by atoms with Crippen molar-refractivity contribution in [3.05, 3.63) is 0 Å². The van der Waals surface area contributed by atoms with Crippen molar-refractivity contribution in [2.75, 3.05) is 13.1 Å². The largest absolute Gasteiger partial charge is 0.480 e. The predicted octanol–water partition coefficient (Wildman–Crippen LogP) is 1.90. The lowest BCUT2D eigenvalue weighted by Gasteiger charge is -2.34. The quantitative estimate of drug-likeness (QED) is 0.771. The lowest BCUT2D eigenvalue weighted by Crippen LogP contribution is -2.51. The molecule has 2 rings (SSSR count). The summed E-state index contributed by atoms with van der Waals surface area (Å²) < 4.78 is 0. The molecule has 0 bridgehead atoms. The predicted molar refractivity (Wildman–Crippen MR) is 56.9 cm³/mol. The molecule has 0 aromatic heterocycles. The molecule has 1 aliphatic carbocycles. The van der Waals surface area contributed by atoms with Crippen LogP contribution in [0.5, 0.6) is 0 Å². The van der Waals surface area contributed by atoms with Gasteiger partial charge >= 0.3 is 5.97 Å². The molecule has 4 heteroatoms. The van der Waals surface area contributed by atoms with Crippen molar-refractivity contribution in [2.24, 2.45) is 0 Å². The average Bonchev–Trinajstić information content (AvgIpc) is 2.75. The summed E-state index contributed by atoms with van der Waals surface area (Å²) in [5.74, 6) is -0.591. The molecule has 2 aliphatic rings. The van der Waals surface area contributed by atoms with Gasteiger partial charge in [-0.3, -0.25) is 9.69 Å². The zero-order valence-corrected chi connectivity index (χ0v) is 9.18. The highest BCUT2D eigenvalue weighted by molar-refractivity contribution is 5.85. The van der Waals surface area contributed by atoms with Crippen molar-refractivity contribution < 1.29 is 9.90 Å². The highest BCUT2D eigenvalue weighted by atomic mass is 35.5. The topological polar surface area (TPSA) is 40.5 Å². The Kier molecular flexibility index (Phi) is 3.78. The fraction of sp³-hybridized carbons (Fsp3) is 0.900. The van der Waals surface area contributed by atoms with Gasteiger partial charge in [-0.15, -0.1) is 12.4 Å². The van der Waals surface area contributed by atoms with E-state index in [2.05, 4.69) is 4.90 Å². The minimum Gasteiger partial charge on any atom is -0.480 e. The Morgan fingerprint density at radius 1 is 1.07 bits per heavy atom. The van der Waals surface area contributed by atoms with E-state index < -0.39 is 11.5 Å². The summed E-state index contributed by atoms with van der Waals surface area (Å²) in [6.07, 6.45) is 6.25. The second-order valence-corrected chi connectivity index (χ2v) is 4.24. The van der Waals surface area contributed by atoms with Gasteiger partial charge < -0.3 is 5.11 Å². The van der Waals surface area contributed by atoms with Crippen LogP contribution in [0.3, 0.4) is 0 Å². The molecule has 0 aromatic rings. The lowest BCUT2D eigenvalue weighted by atomic mass is 9.96. The first kappa shape index (κ1) is 11.8. The van der Waals surface area contributed by atoms with E-state index in [9.17, 15) is 9.90 Å². The number of halogens is 1. The van der Waals surface area contributed by atoms with Crippen LogP contribution < -0.4 is 0 Å². The molecule has 0 amide bonds. The highest BCUT2D eigenvalue weighted by Crippen LogP contribution is 2.37. The van der Waals surface area contributed by atoms with E-state index in [1.165, 1.54) is 12.8 Å². The molecular weight excluding hydrogens is 202 g/mol. The van der Waals surface area contributed by atoms with Gasteiger partial charge in [0.25, 0.3) is 0 Å². The van der Waals surface area contributed by atoms with Crippen LogP contribution in [0.4, 0.5) is 0 Å². The van der Waals surface area contributed by atoms with Crippen molar-refractivity contribution in [1.82, 2.24) is 4.90 Å².